The third-order valence-electron chi connectivity index (χ3n) is 6.35. The molecule has 0 aromatic heterocycles. The third-order valence-corrected chi connectivity index (χ3v) is 6.58. The van der Waals surface area contributed by atoms with Crippen molar-refractivity contribution >= 4 is 34.8 Å². The zero-order valence-electron chi connectivity index (χ0n) is 19.0. The molecule has 0 saturated carbocycles. The van der Waals surface area contributed by atoms with Crippen LogP contribution in [0.25, 0.3) is 0 Å². The van der Waals surface area contributed by atoms with Gasteiger partial charge in [0.1, 0.15) is 0 Å². The molecule has 0 bridgehead atoms. The summed E-state index contributed by atoms with van der Waals surface area (Å²) in [6.07, 6.45) is 4.78. The monoisotopic (exact) mass is 470 g/mol. The zero-order valence-corrected chi connectivity index (χ0v) is 19.7. The summed E-state index contributed by atoms with van der Waals surface area (Å²) in [7, 11) is 1.78. The van der Waals surface area contributed by atoms with Gasteiger partial charge in [-0.3, -0.25) is 20.0 Å². The number of amides is 2. The van der Waals surface area contributed by atoms with Crippen molar-refractivity contribution < 1.29 is 14.3 Å². The van der Waals surface area contributed by atoms with Crippen molar-refractivity contribution in [2.75, 3.05) is 37.1 Å². The van der Waals surface area contributed by atoms with Gasteiger partial charge >= 0.3 is 0 Å². The smallest absolute Gasteiger partial charge is 0.270 e. The number of halogens is 1. The van der Waals surface area contributed by atoms with Gasteiger partial charge in [-0.05, 0) is 62.1 Å². The van der Waals surface area contributed by atoms with Crippen LogP contribution in [0.1, 0.15) is 48.0 Å². The number of hydrogen-bond donors (Lipinski definition) is 2. The van der Waals surface area contributed by atoms with Crippen LogP contribution in [-0.2, 0) is 16.1 Å². The van der Waals surface area contributed by atoms with E-state index in [1.54, 1.807) is 24.3 Å². The van der Waals surface area contributed by atoms with Crippen LogP contribution in [0.3, 0.4) is 0 Å². The SMILES string of the molecule is COC1CCN(CCCCC(=O)Nc2cc(Cl)ccc2N2Cc3ccccc3C(=O)N2)CC1. The summed E-state index contributed by atoms with van der Waals surface area (Å²) in [6, 6.07) is 12.8. The average molecular weight is 471 g/mol. The Bertz CT molecular complexity index is 991. The third kappa shape index (κ3) is 6.05. The number of fused-ring (bicyclic) bond motifs is 1. The van der Waals surface area contributed by atoms with Gasteiger partial charge in [-0.25, -0.2) is 0 Å². The molecule has 2 aromatic rings. The molecule has 7 nitrogen and oxygen atoms in total. The second-order valence-corrected chi connectivity index (χ2v) is 9.06. The van der Waals surface area contributed by atoms with Crippen LogP contribution >= 0.6 is 11.6 Å². The highest BCUT2D eigenvalue weighted by molar-refractivity contribution is 6.31. The standard InChI is InChI=1S/C25H31ClN4O3/c1-33-20-11-14-29(15-12-20)13-5-4-8-24(31)27-22-16-19(26)9-10-23(22)30-17-18-6-2-3-7-21(18)25(32)28-30/h2-3,6-7,9-10,16,20H,4-5,8,11-15,17H2,1H3,(H,27,31)(H,28,32). The fraction of sp³-hybridized carbons (Fsp3) is 0.440. The fourth-order valence-corrected chi connectivity index (χ4v) is 4.64. The Kier molecular flexibility index (Phi) is 7.85. The summed E-state index contributed by atoms with van der Waals surface area (Å²) in [5.74, 6) is -0.223. The van der Waals surface area contributed by atoms with Crippen molar-refractivity contribution in [3.63, 3.8) is 0 Å². The molecule has 2 aliphatic heterocycles. The summed E-state index contributed by atoms with van der Waals surface area (Å²) in [4.78, 5) is 27.6. The van der Waals surface area contributed by atoms with Crippen molar-refractivity contribution in [1.82, 2.24) is 10.3 Å². The highest BCUT2D eigenvalue weighted by atomic mass is 35.5. The van der Waals surface area contributed by atoms with Gasteiger partial charge in [0.15, 0.2) is 0 Å². The maximum absolute atomic E-state index is 12.7. The summed E-state index contributed by atoms with van der Waals surface area (Å²) in [6.45, 7) is 3.63. The lowest BCUT2D eigenvalue weighted by Crippen LogP contribution is -2.46. The van der Waals surface area contributed by atoms with E-state index < -0.39 is 0 Å². The Hall–Kier alpha value is -2.61. The summed E-state index contributed by atoms with van der Waals surface area (Å²) >= 11 is 6.21. The molecule has 8 heteroatoms. The molecule has 0 atom stereocenters. The Morgan fingerprint density at radius 2 is 1.97 bits per heavy atom. The topological polar surface area (TPSA) is 73.9 Å². The first-order chi connectivity index (χ1) is 16.0. The van der Waals surface area contributed by atoms with E-state index in [1.165, 1.54) is 0 Å². The van der Waals surface area contributed by atoms with Gasteiger partial charge in [-0.2, -0.15) is 0 Å². The second kappa shape index (κ2) is 11.0. The quantitative estimate of drug-likeness (QED) is 0.565. The molecule has 0 unspecified atom stereocenters. The van der Waals surface area contributed by atoms with Crippen LogP contribution in [0.4, 0.5) is 11.4 Å². The Labute approximate surface area is 200 Å². The predicted molar refractivity (Wildman–Crippen MR) is 130 cm³/mol. The Morgan fingerprint density at radius 1 is 1.18 bits per heavy atom. The van der Waals surface area contributed by atoms with Gasteiger partial charge < -0.3 is 15.0 Å². The van der Waals surface area contributed by atoms with E-state index in [2.05, 4.69) is 15.6 Å². The lowest BCUT2D eigenvalue weighted by molar-refractivity contribution is -0.116. The van der Waals surface area contributed by atoms with Crippen LogP contribution in [0, 0.1) is 0 Å². The molecule has 2 amide bonds. The maximum atomic E-state index is 12.7. The van der Waals surface area contributed by atoms with Crippen LogP contribution in [-0.4, -0.2) is 49.6 Å². The summed E-state index contributed by atoms with van der Waals surface area (Å²) in [5.41, 5.74) is 5.80. The zero-order chi connectivity index (χ0) is 23.2. The highest BCUT2D eigenvalue weighted by Crippen LogP contribution is 2.31. The van der Waals surface area contributed by atoms with E-state index in [-0.39, 0.29) is 11.8 Å². The number of ether oxygens (including phenoxy) is 1. The number of carbonyl (C=O) groups is 2. The largest absolute Gasteiger partial charge is 0.381 e. The molecule has 1 fully saturated rings. The van der Waals surface area contributed by atoms with Crippen molar-refractivity contribution in [3.05, 3.63) is 58.6 Å². The number of rotatable bonds is 8. The summed E-state index contributed by atoms with van der Waals surface area (Å²) in [5, 5.41) is 5.27. The number of nitrogens with zero attached hydrogens (tertiary/aromatic N) is 2. The van der Waals surface area contributed by atoms with E-state index in [1.807, 2.05) is 30.3 Å². The number of nitrogens with one attached hydrogen (secondary N) is 2. The number of carbonyl (C=O) groups excluding carboxylic acids is 2. The lowest BCUT2D eigenvalue weighted by Gasteiger charge is -2.32. The average Bonchev–Trinajstić information content (AvgIpc) is 2.82. The van der Waals surface area contributed by atoms with Gasteiger partial charge in [0.25, 0.3) is 5.91 Å². The van der Waals surface area contributed by atoms with Crippen molar-refractivity contribution in [1.29, 1.82) is 0 Å². The minimum atomic E-state index is -0.168. The van der Waals surface area contributed by atoms with Crippen molar-refractivity contribution in [2.24, 2.45) is 0 Å². The number of piperidine rings is 1. The van der Waals surface area contributed by atoms with Gasteiger partial charge in [-0.15, -0.1) is 0 Å². The molecule has 0 spiro atoms. The number of likely N-dealkylation sites (tertiary alicyclic amines) is 1. The molecular weight excluding hydrogens is 440 g/mol. The van der Waals surface area contributed by atoms with Gasteiger partial charge in [0.2, 0.25) is 5.91 Å². The molecule has 33 heavy (non-hydrogen) atoms. The maximum Gasteiger partial charge on any atom is 0.270 e. The van der Waals surface area contributed by atoms with E-state index >= 15 is 0 Å². The molecule has 1 saturated heterocycles. The number of hydrazine groups is 1. The van der Waals surface area contributed by atoms with Crippen LogP contribution in [0.15, 0.2) is 42.5 Å². The second-order valence-electron chi connectivity index (χ2n) is 8.63. The number of hydrogen-bond acceptors (Lipinski definition) is 5. The minimum absolute atomic E-state index is 0.0552. The molecule has 0 radical (unpaired) electrons. The van der Waals surface area contributed by atoms with E-state index in [9.17, 15) is 9.59 Å². The van der Waals surface area contributed by atoms with E-state index in [0.717, 1.165) is 50.9 Å². The number of unbranched alkanes of at least 4 members (excludes halogenated alkanes) is 1. The van der Waals surface area contributed by atoms with E-state index in [4.69, 9.17) is 16.3 Å². The van der Waals surface area contributed by atoms with Gasteiger partial charge in [0.05, 0.1) is 24.0 Å². The molecule has 2 aliphatic rings. The van der Waals surface area contributed by atoms with E-state index in [0.29, 0.717) is 41.0 Å². The van der Waals surface area contributed by atoms with Crippen LogP contribution < -0.4 is 15.8 Å². The van der Waals surface area contributed by atoms with Crippen LogP contribution in [0.5, 0.6) is 0 Å². The summed E-state index contributed by atoms with van der Waals surface area (Å²) < 4.78 is 5.42. The molecule has 2 N–H and O–H groups in total. The molecule has 2 aromatic carbocycles. The van der Waals surface area contributed by atoms with Crippen molar-refractivity contribution in [3.8, 4) is 0 Å². The van der Waals surface area contributed by atoms with Crippen LogP contribution in [0.2, 0.25) is 5.02 Å². The Balaban J connectivity index is 1.32. The Morgan fingerprint density at radius 3 is 2.76 bits per heavy atom. The highest BCUT2D eigenvalue weighted by Gasteiger charge is 2.24. The first-order valence-electron chi connectivity index (χ1n) is 11.5. The van der Waals surface area contributed by atoms with Crippen molar-refractivity contribution in [2.45, 2.75) is 44.8 Å². The molecule has 4 rings (SSSR count). The number of methoxy groups -OCH3 is 1. The number of benzene rings is 2. The number of anilines is 2. The molecule has 0 aliphatic carbocycles. The predicted octanol–water partition coefficient (Wildman–Crippen LogP) is 4.22. The molecular formula is C25H31ClN4O3. The first-order valence-corrected chi connectivity index (χ1v) is 11.9. The molecule has 176 valence electrons. The molecule has 2 heterocycles. The lowest BCUT2D eigenvalue weighted by atomic mass is 10.0. The van der Waals surface area contributed by atoms with Gasteiger partial charge in [0, 0.05) is 37.2 Å². The first kappa shape index (κ1) is 23.5. The normalized spacial score (nSPS) is 16.9. The fourth-order valence-electron chi connectivity index (χ4n) is 4.46. The van der Waals surface area contributed by atoms with Gasteiger partial charge in [-0.1, -0.05) is 29.8 Å². The minimum Gasteiger partial charge on any atom is -0.381 e.